The van der Waals surface area contributed by atoms with E-state index in [1.807, 2.05) is 55.5 Å². The van der Waals surface area contributed by atoms with Gasteiger partial charge in [-0.25, -0.2) is 0 Å². The predicted octanol–water partition coefficient (Wildman–Crippen LogP) is 5.37. The zero-order valence-electron chi connectivity index (χ0n) is 17.0. The third kappa shape index (κ3) is 15.9. The summed E-state index contributed by atoms with van der Waals surface area (Å²) in [7, 11) is 0. The number of alkyl halides is 1. The minimum absolute atomic E-state index is 0. The number of nitrogens with one attached hydrogen (secondary N) is 2. The van der Waals surface area contributed by atoms with Gasteiger partial charge in [-0.05, 0) is 75.2 Å². The van der Waals surface area contributed by atoms with Gasteiger partial charge in [-0.1, -0.05) is 47.5 Å². The van der Waals surface area contributed by atoms with E-state index in [1.165, 1.54) is 11.1 Å². The van der Waals surface area contributed by atoms with Crippen molar-refractivity contribution < 1.29 is 5.11 Å². The molecular formula is C22H32Cl4N2O. The molecule has 0 bridgehead atoms. The van der Waals surface area contributed by atoms with Crippen molar-refractivity contribution in [2.45, 2.75) is 38.2 Å². The van der Waals surface area contributed by atoms with Gasteiger partial charge in [0.2, 0.25) is 0 Å². The molecule has 0 saturated carbocycles. The van der Waals surface area contributed by atoms with Crippen LogP contribution in [0.25, 0.3) is 0 Å². The number of hydrogen-bond acceptors (Lipinski definition) is 3. The van der Waals surface area contributed by atoms with Crippen LogP contribution in [0.4, 0.5) is 0 Å². The van der Waals surface area contributed by atoms with Gasteiger partial charge in [-0.15, -0.1) is 24.0 Å². The van der Waals surface area contributed by atoms with E-state index in [1.54, 1.807) is 6.92 Å². The van der Waals surface area contributed by atoms with Crippen LogP contribution < -0.4 is 10.6 Å². The van der Waals surface area contributed by atoms with Gasteiger partial charge < -0.3 is 15.7 Å². The first-order chi connectivity index (χ1) is 13.4. The molecule has 0 aliphatic carbocycles. The average Bonchev–Trinajstić information content (AvgIpc) is 2.65. The summed E-state index contributed by atoms with van der Waals surface area (Å²) in [6, 6.07) is 15.8. The van der Waals surface area contributed by atoms with Crippen LogP contribution in [-0.2, 0) is 12.8 Å². The number of benzene rings is 2. The maximum Gasteiger partial charge on any atom is 0.0636 e. The number of halogens is 4. The molecule has 0 spiro atoms. The van der Waals surface area contributed by atoms with Gasteiger partial charge in [0, 0.05) is 28.5 Å². The smallest absolute Gasteiger partial charge is 0.0636 e. The van der Waals surface area contributed by atoms with Crippen molar-refractivity contribution in [3.63, 3.8) is 0 Å². The fourth-order valence-electron chi connectivity index (χ4n) is 2.38. The quantitative estimate of drug-likeness (QED) is 0.315. The van der Waals surface area contributed by atoms with Crippen LogP contribution in [0.15, 0.2) is 48.5 Å². The third-order valence-corrected chi connectivity index (χ3v) is 4.53. The van der Waals surface area contributed by atoms with Gasteiger partial charge in [-0.2, -0.15) is 0 Å². The maximum atomic E-state index is 9.01. The molecule has 2 unspecified atom stereocenters. The SMILES string of the molecule is CC(Cl)CNCCc1ccc(Cl)cc1.CC(O)CNCCc1ccc(Cl)cc1.Cl. The second-order valence-electron chi connectivity index (χ2n) is 6.79. The molecule has 2 aromatic carbocycles. The van der Waals surface area contributed by atoms with Crippen molar-refractivity contribution in [2.75, 3.05) is 26.2 Å². The summed E-state index contributed by atoms with van der Waals surface area (Å²) in [5.74, 6) is 0. The molecule has 3 N–H and O–H groups in total. The first kappa shape index (κ1) is 28.5. The molecule has 2 aromatic rings. The molecule has 0 fully saturated rings. The summed E-state index contributed by atoms with van der Waals surface area (Å²) in [4.78, 5) is 0. The van der Waals surface area contributed by atoms with Crippen LogP contribution in [0.2, 0.25) is 10.0 Å². The minimum Gasteiger partial charge on any atom is -0.392 e. The van der Waals surface area contributed by atoms with Crippen LogP contribution in [0.1, 0.15) is 25.0 Å². The lowest BCUT2D eigenvalue weighted by molar-refractivity contribution is 0.191. The molecule has 2 atom stereocenters. The summed E-state index contributed by atoms with van der Waals surface area (Å²) < 4.78 is 0. The van der Waals surface area contributed by atoms with Gasteiger partial charge in [0.15, 0.2) is 0 Å². The van der Waals surface area contributed by atoms with Gasteiger partial charge in [0.05, 0.1) is 6.10 Å². The second kappa shape index (κ2) is 17.2. The highest BCUT2D eigenvalue weighted by Crippen LogP contribution is 2.10. The van der Waals surface area contributed by atoms with E-state index in [2.05, 4.69) is 10.6 Å². The van der Waals surface area contributed by atoms with Crippen LogP contribution in [0.5, 0.6) is 0 Å². The Morgan fingerprint density at radius 3 is 1.48 bits per heavy atom. The van der Waals surface area contributed by atoms with E-state index in [9.17, 15) is 0 Å². The van der Waals surface area contributed by atoms with E-state index in [0.29, 0.717) is 6.54 Å². The third-order valence-electron chi connectivity index (χ3n) is 3.87. The Balaban J connectivity index is 0.000000523. The van der Waals surface area contributed by atoms with Crippen LogP contribution in [0.3, 0.4) is 0 Å². The van der Waals surface area contributed by atoms with Crippen molar-refractivity contribution in [1.82, 2.24) is 10.6 Å². The Morgan fingerprint density at radius 2 is 1.14 bits per heavy atom. The molecule has 0 radical (unpaired) electrons. The average molecular weight is 482 g/mol. The number of aliphatic hydroxyl groups is 1. The number of aliphatic hydroxyl groups excluding tert-OH is 1. The lowest BCUT2D eigenvalue weighted by Gasteiger charge is -2.06. The highest BCUT2D eigenvalue weighted by Gasteiger charge is 1.97. The summed E-state index contributed by atoms with van der Waals surface area (Å²) >= 11 is 17.3. The van der Waals surface area contributed by atoms with Gasteiger partial charge in [-0.3, -0.25) is 0 Å². The normalized spacial score (nSPS) is 12.3. The lowest BCUT2D eigenvalue weighted by Crippen LogP contribution is -2.26. The van der Waals surface area contributed by atoms with Crippen LogP contribution in [0, 0.1) is 0 Å². The topological polar surface area (TPSA) is 44.3 Å². The summed E-state index contributed by atoms with van der Waals surface area (Å²) in [6.07, 6.45) is 1.70. The van der Waals surface area contributed by atoms with E-state index in [4.69, 9.17) is 39.9 Å². The predicted molar refractivity (Wildman–Crippen MR) is 130 cm³/mol. The zero-order chi connectivity index (χ0) is 20.8. The van der Waals surface area contributed by atoms with E-state index in [0.717, 1.165) is 42.5 Å². The standard InChI is InChI=1S/C11H15Cl2N.C11H16ClNO.ClH/c1-9(12)8-14-7-6-10-2-4-11(13)5-3-10;1-9(14)8-13-7-6-10-2-4-11(12)5-3-10;/h2-5,9,14H,6-8H2,1H3;2-5,9,13-14H,6-8H2,1H3;1H. The lowest BCUT2D eigenvalue weighted by atomic mass is 10.1. The highest BCUT2D eigenvalue weighted by atomic mass is 35.5. The fourth-order valence-corrected chi connectivity index (χ4v) is 2.74. The van der Waals surface area contributed by atoms with Gasteiger partial charge in [0.1, 0.15) is 0 Å². The molecule has 29 heavy (non-hydrogen) atoms. The maximum absolute atomic E-state index is 9.01. The molecular weight excluding hydrogens is 450 g/mol. The molecule has 0 amide bonds. The Hall–Kier alpha value is -0.520. The van der Waals surface area contributed by atoms with Crippen LogP contribution >= 0.6 is 47.2 Å². The fraction of sp³-hybridized carbons (Fsp3) is 0.455. The second-order valence-corrected chi connectivity index (χ2v) is 8.41. The van der Waals surface area contributed by atoms with Crippen molar-refractivity contribution >= 4 is 47.2 Å². The Labute approximate surface area is 196 Å². The van der Waals surface area contributed by atoms with E-state index >= 15 is 0 Å². The largest absolute Gasteiger partial charge is 0.392 e. The minimum atomic E-state index is -0.278. The highest BCUT2D eigenvalue weighted by molar-refractivity contribution is 6.30. The Kier molecular flexibility index (Phi) is 16.9. The Bertz CT molecular complexity index is 577. The van der Waals surface area contributed by atoms with Crippen molar-refractivity contribution in [3.8, 4) is 0 Å². The molecule has 0 saturated heterocycles. The van der Waals surface area contributed by atoms with Crippen LogP contribution in [-0.4, -0.2) is 42.8 Å². The van der Waals surface area contributed by atoms with Gasteiger partial charge >= 0.3 is 0 Å². The zero-order valence-corrected chi connectivity index (χ0v) is 20.1. The van der Waals surface area contributed by atoms with Gasteiger partial charge in [0.25, 0.3) is 0 Å². The first-order valence-corrected chi connectivity index (χ1v) is 10.8. The number of rotatable bonds is 10. The molecule has 0 heterocycles. The molecule has 0 aromatic heterocycles. The van der Waals surface area contributed by atoms with E-state index in [-0.39, 0.29) is 23.9 Å². The summed E-state index contributed by atoms with van der Waals surface area (Å²) in [5, 5.41) is 17.2. The molecule has 0 aliphatic rings. The summed E-state index contributed by atoms with van der Waals surface area (Å²) in [6.45, 7) is 7.10. The molecule has 164 valence electrons. The summed E-state index contributed by atoms with van der Waals surface area (Å²) in [5.41, 5.74) is 2.55. The van der Waals surface area contributed by atoms with Crippen molar-refractivity contribution in [3.05, 3.63) is 69.7 Å². The monoisotopic (exact) mass is 480 g/mol. The molecule has 3 nitrogen and oxygen atoms in total. The molecule has 2 rings (SSSR count). The first-order valence-electron chi connectivity index (χ1n) is 9.59. The van der Waals surface area contributed by atoms with Crippen molar-refractivity contribution in [2.24, 2.45) is 0 Å². The molecule has 0 aliphatic heterocycles. The van der Waals surface area contributed by atoms with E-state index < -0.39 is 0 Å². The molecule has 7 heteroatoms. The van der Waals surface area contributed by atoms with Crippen molar-refractivity contribution in [1.29, 1.82) is 0 Å². The number of hydrogen-bond donors (Lipinski definition) is 3. The Morgan fingerprint density at radius 1 is 0.759 bits per heavy atom.